The molecular formula is C28H39N5O4. The zero-order chi connectivity index (χ0) is 26.4. The Bertz CT molecular complexity index is 1070. The zero-order valence-electron chi connectivity index (χ0n) is 22.5. The van der Waals surface area contributed by atoms with Crippen molar-refractivity contribution >= 4 is 17.6 Å². The Labute approximate surface area is 219 Å². The molecule has 2 amide bonds. The molecule has 0 radical (unpaired) electrons. The van der Waals surface area contributed by atoms with E-state index in [9.17, 15) is 9.59 Å². The first-order chi connectivity index (χ1) is 17.9. The second-order valence-corrected chi connectivity index (χ2v) is 10.3. The van der Waals surface area contributed by atoms with Crippen LogP contribution >= 0.6 is 0 Å². The third-order valence-corrected chi connectivity index (χ3v) is 7.18. The fourth-order valence-electron chi connectivity index (χ4n) is 4.89. The van der Waals surface area contributed by atoms with Gasteiger partial charge in [0.15, 0.2) is 17.3 Å². The highest BCUT2D eigenvalue weighted by atomic mass is 16.5. The monoisotopic (exact) mass is 509 g/mol. The van der Waals surface area contributed by atoms with Gasteiger partial charge in [-0.1, -0.05) is 20.3 Å². The van der Waals surface area contributed by atoms with Gasteiger partial charge in [0, 0.05) is 44.2 Å². The predicted octanol–water partition coefficient (Wildman–Crippen LogP) is 3.48. The van der Waals surface area contributed by atoms with E-state index < -0.39 is 0 Å². The standard InChI is InChI=1S/C28H39N5O4/c1-20(2)18-33(28(35)21-7-5-8-21)19-27(34)32-14-6-13-31(15-16-32)26-12-10-23(29-30-26)22-9-11-24(36-3)25(17-22)37-4/h9-12,17,20-21H,5-8,13-16,18-19H2,1-4H3. The van der Waals surface area contributed by atoms with Crippen LogP contribution < -0.4 is 14.4 Å². The lowest BCUT2D eigenvalue weighted by molar-refractivity contribution is -0.145. The molecule has 1 aromatic heterocycles. The number of hydrogen-bond acceptors (Lipinski definition) is 7. The van der Waals surface area contributed by atoms with Crippen LogP contribution in [-0.4, -0.2) is 85.3 Å². The lowest BCUT2D eigenvalue weighted by atomic mass is 9.84. The first kappa shape index (κ1) is 26.7. The summed E-state index contributed by atoms with van der Waals surface area (Å²) in [6, 6.07) is 9.59. The van der Waals surface area contributed by atoms with Crippen molar-refractivity contribution in [2.45, 2.75) is 39.5 Å². The molecule has 2 heterocycles. The summed E-state index contributed by atoms with van der Waals surface area (Å²) >= 11 is 0. The molecule has 1 saturated carbocycles. The zero-order valence-corrected chi connectivity index (χ0v) is 22.5. The van der Waals surface area contributed by atoms with Crippen molar-refractivity contribution in [3.8, 4) is 22.8 Å². The molecule has 4 rings (SSSR count). The summed E-state index contributed by atoms with van der Waals surface area (Å²) < 4.78 is 10.7. The topological polar surface area (TPSA) is 88.1 Å². The molecule has 2 aromatic rings. The second kappa shape index (κ2) is 12.3. The van der Waals surface area contributed by atoms with Gasteiger partial charge in [0.1, 0.15) is 0 Å². The number of amides is 2. The van der Waals surface area contributed by atoms with Crippen LogP contribution in [0.15, 0.2) is 30.3 Å². The smallest absolute Gasteiger partial charge is 0.242 e. The Morgan fingerprint density at radius 2 is 1.76 bits per heavy atom. The van der Waals surface area contributed by atoms with Crippen LogP contribution in [0, 0.1) is 11.8 Å². The van der Waals surface area contributed by atoms with E-state index in [-0.39, 0.29) is 24.3 Å². The highest BCUT2D eigenvalue weighted by Gasteiger charge is 2.32. The number of hydrogen-bond donors (Lipinski definition) is 0. The Morgan fingerprint density at radius 1 is 0.973 bits per heavy atom. The summed E-state index contributed by atoms with van der Waals surface area (Å²) in [4.78, 5) is 31.9. The molecule has 0 spiro atoms. The summed E-state index contributed by atoms with van der Waals surface area (Å²) in [5.74, 6) is 2.72. The maximum atomic E-state index is 13.2. The van der Waals surface area contributed by atoms with Gasteiger partial charge in [0.25, 0.3) is 0 Å². The van der Waals surface area contributed by atoms with Gasteiger partial charge in [0.05, 0.1) is 26.5 Å². The summed E-state index contributed by atoms with van der Waals surface area (Å²) in [6.07, 6.45) is 3.85. The van der Waals surface area contributed by atoms with E-state index in [1.807, 2.05) is 35.2 Å². The number of nitrogens with zero attached hydrogens (tertiary/aromatic N) is 5. The molecule has 37 heavy (non-hydrogen) atoms. The Balaban J connectivity index is 1.36. The molecule has 2 fully saturated rings. The van der Waals surface area contributed by atoms with E-state index >= 15 is 0 Å². The summed E-state index contributed by atoms with van der Waals surface area (Å²) in [5, 5.41) is 8.92. The minimum absolute atomic E-state index is 0.0325. The molecule has 9 heteroatoms. The number of ether oxygens (including phenoxy) is 2. The van der Waals surface area contributed by atoms with Crippen LogP contribution in [0.2, 0.25) is 0 Å². The largest absolute Gasteiger partial charge is 0.493 e. The minimum Gasteiger partial charge on any atom is -0.493 e. The van der Waals surface area contributed by atoms with Crippen LogP contribution in [-0.2, 0) is 9.59 Å². The van der Waals surface area contributed by atoms with E-state index in [2.05, 4.69) is 28.9 Å². The maximum Gasteiger partial charge on any atom is 0.242 e. The molecule has 0 bridgehead atoms. The van der Waals surface area contributed by atoms with Crippen molar-refractivity contribution < 1.29 is 19.1 Å². The minimum atomic E-state index is 0.0325. The average Bonchev–Trinajstić information content (AvgIpc) is 3.13. The van der Waals surface area contributed by atoms with Crippen molar-refractivity contribution in [2.24, 2.45) is 11.8 Å². The molecule has 0 N–H and O–H groups in total. The number of aromatic nitrogens is 2. The maximum absolute atomic E-state index is 13.2. The third-order valence-electron chi connectivity index (χ3n) is 7.18. The quantitative estimate of drug-likeness (QED) is 0.511. The molecule has 9 nitrogen and oxygen atoms in total. The molecular weight excluding hydrogens is 470 g/mol. The molecule has 1 saturated heterocycles. The normalized spacial score (nSPS) is 16.2. The molecule has 1 aliphatic carbocycles. The van der Waals surface area contributed by atoms with Crippen LogP contribution in [0.5, 0.6) is 11.5 Å². The summed E-state index contributed by atoms with van der Waals surface area (Å²) in [6.45, 7) is 7.74. The van der Waals surface area contributed by atoms with Crippen molar-refractivity contribution in [2.75, 3.05) is 58.4 Å². The molecule has 1 aliphatic heterocycles. The number of rotatable bonds is 9. The van der Waals surface area contributed by atoms with Gasteiger partial charge in [0.2, 0.25) is 11.8 Å². The van der Waals surface area contributed by atoms with Crippen molar-refractivity contribution in [3.63, 3.8) is 0 Å². The van der Waals surface area contributed by atoms with E-state index in [0.717, 1.165) is 49.3 Å². The molecule has 200 valence electrons. The number of methoxy groups -OCH3 is 2. The van der Waals surface area contributed by atoms with Gasteiger partial charge in [-0.15, -0.1) is 10.2 Å². The first-order valence-corrected chi connectivity index (χ1v) is 13.3. The molecule has 0 atom stereocenters. The second-order valence-electron chi connectivity index (χ2n) is 10.3. The first-order valence-electron chi connectivity index (χ1n) is 13.3. The van der Waals surface area contributed by atoms with E-state index in [0.29, 0.717) is 43.6 Å². The van der Waals surface area contributed by atoms with Crippen LogP contribution in [0.4, 0.5) is 5.82 Å². The average molecular weight is 510 g/mol. The van der Waals surface area contributed by atoms with Crippen LogP contribution in [0.3, 0.4) is 0 Å². The SMILES string of the molecule is COc1ccc(-c2ccc(N3CCCN(C(=O)CN(CC(C)C)C(=O)C4CCC4)CC3)nn2)cc1OC. The Kier molecular flexibility index (Phi) is 8.84. The molecule has 0 unspecified atom stereocenters. The molecule has 2 aliphatic rings. The predicted molar refractivity (Wildman–Crippen MR) is 143 cm³/mol. The van der Waals surface area contributed by atoms with E-state index in [1.54, 1.807) is 19.1 Å². The van der Waals surface area contributed by atoms with Gasteiger partial charge in [-0.3, -0.25) is 9.59 Å². The highest BCUT2D eigenvalue weighted by Crippen LogP contribution is 2.32. The molecule has 1 aromatic carbocycles. The number of benzene rings is 1. The van der Waals surface area contributed by atoms with Crippen LogP contribution in [0.1, 0.15) is 39.5 Å². The van der Waals surface area contributed by atoms with Crippen molar-refractivity contribution in [3.05, 3.63) is 30.3 Å². The lowest BCUT2D eigenvalue weighted by Gasteiger charge is -2.33. The third kappa shape index (κ3) is 6.50. The van der Waals surface area contributed by atoms with Crippen molar-refractivity contribution in [1.29, 1.82) is 0 Å². The summed E-state index contributed by atoms with van der Waals surface area (Å²) in [7, 11) is 3.22. The Morgan fingerprint density at radius 3 is 2.38 bits per heavy atom. The van der Waals surface area contributed by atoms with E-state index in [4.69, 9.17) is 9.47 Å². The van der Waals surface area contributed by atoms with Gasteiger partial charge in [-0.05, 0) is 55.5 Å². The lowest BCUT2D eigenvalue weighted by Crippen LogP contribution is -2.48. The Hall–Kier alpha value is -3.36. The van der Waals surface area contributed by atoms with Gasteiger partial charge < -0.3 is 24.2 Å². The number of anilines is 1. The summed E-state index contributed by atoms with van der Waals surface area (Å²) in [5.41, 5.74) is 1.64. The van der Waals surface area contributed by atoms with Crippen LogP contribution in [0.25, 0.3) is 11.3 Å². The number of carbonyl (C=O) groups excluding carboxylic acids is 2. The van der Waals surface area contributed by atoms with E-state index in [1.165, 1.54) is 0 Å². The van der Waals surface area contributed by atoms with Gasteiger partial charge in [-0.2, -0.15) is 0 Å². The highest BCUT2D eigenvalue weighted by molar-refractivity contribution is 5.86. The fraction of sp³-hybridized carbons (Fsp3) is 0.571. The van der Waals surface area contributed by atoms with Gasteiger partial charge >= 0.3 is 0 Å². The van der Waals surface area contributed by atoms with Gasteiger partial charge in [-0.25, -0.2) is 0 Å². The van der Waals surface area contributed by atoms with Crippen molar-refractivity contribution in [1.82, 2.24) is 20.0 Å². The fourth-order valence-corrected chi connectivity index (χ4v) is 4.89. The number of carbonyl (C=O) groups is 2.